The van der Waals surface area contributed by atoms with E-state index in [0.717, 1.165) is 21.8 Å². The number of carbonyl (C=O) groups excluding carboxylic acids is 3. The van der Waals surface area contributed by atoms with E-state index in [2.05, 4.69) is 15.8 Å². The van der Waals surface area contributed by atoms with Gasteiger partial charge in [0.1, 0.15) is 9.88 Å². The predicted molar refractivity (Wildman–Crippen MR) is 115 cm³/mol. The number of nitrogens with zero attached hydrogens (tertiary/aromatic N) is 2. The lowest BCUT2D eigenvalue weighted by atomic mass is 10.1. The zero-order valence-electron chi connectivity index (χ0n) is 16.6. The van der Waals surface area contributed by atoms with Crippen LogP contribution in [0.15, 0.2) is 48.5 Å². The van der Waals surface area contributed by atoms with Gasteiger partial charge in [0.15, 0.2) is 0 Å². The molecule has 8 heteroatoms. The summed E-state index contributed by atoms with van der Waals surface area (Å²) in [6.45, 7) is 3.90. The zero-order valence-corrected chi connectivity index (χ0v) is 17.4. The SMILES string of the molecule is CC(=O)N1CCc2cc(C(=O)NNC(=O)c3sc(-c4ccccc4)nc3C)ccc21. The smallest absolute Gasteiger partial charge is 0.281 e. The lowest BCUT2D eigenvalue weighted by Gasteiger charge is -2.14. The van der Waals surface area contributed by atoms with Crippen LogP contribution >= 0.6 is 11.3 Å². The van der Waals surface area contributed by atoms with Crippen molar-refractivity contribution in [2.45, 2.75) is 20.3 Å². The van der Waals surface area contributed by atoms with Crippen LogP contribution < -0.4 is 15.8 Å². The van der Waals surface area contributed by atoms with Crippen molar-refractivity contribution in [1.29, 1.82) is 0 Å². The van der Waals surface area contributed by atoms with Crippen molar-refractivity contribution in [1.82, 2.24) is 15.8 Å². The molecule has 7 nitrogen and oxygen atoms in total. The number of hydrogen-bond donors (Lipinski definition) is 2. The van der Waals surface area contributed by atoms with Crippen LogP contribution in [0.4, 0.5) is 5.69 Å². The average molecular weight is 420 g/mol. The molecule has 0 atom stereocenters. The zero-order chi connectivity index (χ0) is 21.3. The number of aryl methyl sites for hydroxylation is 1. The first kappa shape index (κ1) is 19.8. The van der Waals surface area contributed by atoms with Crippen molar-refractivity contribution in [3.05, 3.63) is 70.2 Å². The summed E-state index contributed by atoms with van der Waals surface area (Å²) >= 11 is 1.28. The Kier molecular flexibility index (Phi) is 5.33. The highest BCUT2D eigenvalue weighted by molar-refractivity contribution is 7.17. The number of hydrogen-bond acceptors (Lipinski definition) is 5. The number of fused-ring (bicyclic) bond motifs is 1. The number of aromatic nitrogens is 1. The number of rotatable bonds is 3. The highest BCUT2D eigenvalue weighted by Crippen LogP contribution is 2.29. The molecule has 0 fully saturated rings. The maximum absolute atomic E-state index is 12.6. The Bertz CT molecular complexity index is 1140. The number of hydrazine groups is 1. The van der Waals surface area contributed by atoms with Gasteiger partial charge in [-0.3, -0.25) is 25.2 Å². The molecular weight excluding hydrogens is 400 g/mol. The second-order valence-electron chi connectivity index (χ2n) is 6.97. The highest BCUT2D eigenvalue weighted by Gasteiger charge is 2.23. The van der Waals surface area contributed by atoms with Crippen LogP contribution in [0.5, 0.6) is 0 Å². The van der Waals surface area contributed by atoms with Gasteiger partial charge in [-0.05, 0) is 37.1 Å². The van der Waals surface area contributed by atoms with Crippen molar-refractivity contribution < 1.29 is 14.4 Å². The summed E-state index contributed by atoms with van der Waals surface area (Å²) in [6.07, 6.45) is 0.699. The number of thiazole rings is 1. The quantitative estimate of drug-likeness (QED) is 0.637. The molecule has 3 aromatic rings. The van der Waals surface area contributed by atoms with Crippen LogP contribution in [0.25, 0.3) is 10.6 Å². The molecule has 2 heterocycles. The van der Waals surface area contributed by atoms with Crippen molar-refractivity contribution in [2.75, 3.05) is 11.4 Å². The molecule has 0 radical (unpaired) electrons. The Balaban J connectivity index is 1.43. The molecule has 0 saturated heterocycles. The van der Waals surface area contributed by atoms with Crippen LogP contribution in [0.2, 0.25) is 0 Å². The molecule has 0 saturated carbocycles. The van der Waals surface area contributed by atoms with E-state index < -0.39 is 11.8 Å². The van der Waals surface area contributed by atoms with Crippen LogP contribution in [-0.4, -0.2) is 29.3 Å². The first-order valence-corrected chi connectivity index (χ1v) is 10.3. The summed E-state index contributed by atoms with van der Waals surface area (Å²) in [6, 6.07) is 14.8. The molecule has 1 aliphatic rings. The summed E-state index contributed by atoms with van der Waals surface area (Å²) in [5.41, 5.74) is 8.66. The summed E-state index contributed by atoms with van der Waals surface area (Å²) in [7, 11) is 0. The maximum atomic E-state index is 12.6. The first-order valence-electron chi connectivity index (χ1n) is 9.48. The third-order valence-corrected chi connectivity index (χ3v) is 6.14. The molecule has 152 valence electrons. The normalized spacial score (nSPS) is 12.4. The third-order valence-electron chi connectivity index (χ3n) is 4.93. The van der Waals surface area contributed by atoms with Crippen molar-refractivity contribution in [3.8, 4) is 10.6 Å². The number of benzene rings is 2. The van der Waals surface area contributed by atoms with Gasteiger partial charge in [-0.25, -0.2) is 4.98 Å². The minimum Gasteiger partial charge on any atom is -0.312 e. The third kappa shape index (κ3) is 3.81. The number of amides is 3. The van der Waals surface area contributed by atoms with Crippen LogP contribution in [0.3, 0.4) is 0 Å². The minimum atomic E-state index is -0.419. The van der Waals surface area contributed by atoms with Crippen molar-refractivity contribution in [2.24, 2.45) is 0 Å². The van der Waals surface area contributed by atoms with Gasteiger partial charge in [0.05, 0.1) is 5.69 Å². The fourth-order valence-corrected chi connectivity index (χ4v) is 4.39. The molecule has 0 aliphatic carbocycles. The summed E-state index contributed by atoms with van der Waals surface area (Å²) in [5, 5.41) is 0.748. The first-order chi connectivity index (χ1) is 14.4. The van der Waals surface area contributed by atoms with Crippen LogP contribution in [0.1, 0.15) is 38.2 Å². The monoisotopic (exact) mass is 420 g/mol. The lowest BCUT2D eigenvalue weighted by Crippen LogP contribution is -2.41. The highest BCUT2D eigenvalue weighted by atomic mass is 32.1. The van der Waals surface area contributed by atoms with Gasteiger partial charge in [0.25, 0.3) is 11.8 Å². The Morgan fingerprint density at radius 2 is 1.77 bits per heavy atom. The van der Waals surface area contributed by atoms with E-state index in [9.17, 15) is 14.4 Å². The number of anilines is 1. The average Bonchev–Trinajstić information content (AvgIpc) is 3.35. The fraction of sp³-hybridized carbons (Fsp3) is 0.182. The van der Waals surface area contributed by atoms with Crippen LogP contribution in [-0.2, 0) is 11.2 Å². The Labute approximate surface area is 177 Å². The predicted octanol–water partition coefficient (Wildman–Crippen LogP) is 3.10. The van der Waals surface area contributed by atoms with E-state index in [1.165, 1.54) is 18.3 Å². The van der Waals surface area contributed by atoms with E-state index >= 15 is 0 Å². The summed E-state index contributed by atoms with van der Waals surface area (Å²) in [5.74, 6) is -0.852. The molecule has 0 unspecified atom stereocenters. The van der Waals surface area contributed by atoms with Gasteiger partial charge >= 0.3 is 0 Å². The standard InChI is InChI=1S/C22H20N4O3S/c1-13-19(30-22(23-13)15-6-4-3-5-7-15)21(29)25-24-20(28)17-8-9-18-16(12-17)10-11-26(18)14(2)27/h3-9,12H,10-11H2,1-2H3,(H,24,28)(H,25,29). The van der Waals surface area contributed by atoms with Gasteiger partial charge in [0.2, 0.25) is 5.91 Å². The van der Waals surface area contributed by atoms with Crippen molar-refractivity contribution in [3.63, 3.8) is 0 Å². The molecule has 4 rings (SSSR count). The van der Waals surface area contributed by atoms with E-state index in [1.807, 2.05) is 30.3 Å². The van der Waals surface area contributed by atoms with Gasteiger partial charge in [-0.1, -0.05) is 30.3 Å². The van der Waals surface area contributed by atoms with Gasteiger partial charge in [-0.15, -0.1) is 11.3 Å². The molecule has 2 N–H and O–H groups in total. The van der Waals surface area contributed by atoms with Gasteiger partial charge in [0, 0.05) is 30.3 Å². The Morgan fingerprint density at radius 1 is 1.03 bits per heavy atom. The summed E-state index contributed by atoms with van der Waals surface area (Å²) < 4.78 is 0. The fourth-order valence-electron chi connectivity index (χ4n) is 3.42. The maximum Gasteiger partial charge on any atom is 0.281 e. The molecule has 2 aromatic carbocycles. The van der Waals surface area contributed by atoms with E-state index in [4.69, 9.17) is 0 Å². The molecule has 1 aromatic heterocycles. The van der Waals surface area contributed by atoms with E-state index in [1.54, 1.807) is 30.0 Å². The second-order valence-corrected chi connectivity index (χ2v) is 7.97. The number of nitrogens with one attached hydrogen (secondary N) is 2. The molecule has 0 spiro atoms. The van der Waals surface area contributed by atoms with E-state index in [-0.39, 0.29) is 5.91 Å². The number of carbonyl (C=O) groups is 3. The van der Waals surface area contributed by atoms with E-state index in [0.29, 0.717) is 29.1 Å². The Hall–Kier alpha value is -3.52. The molecule has 1 aliphatic heterocycles. The lowest BCUT2D eigenvalue weighted by molar-refractivity contribution is -0.116. The Morgan fingerprint density at radius 3 is 2.50 bits per heavy atom. The molecule has 30 heavy (non-hydrogen) atoms. The summed E-state index contributed by atoms with van der Waals surface area (Å²) in [4.78, 5) is 43.3. The largest absolute Gasteiger partial charge is 0.312 e. The molecule has 0 bridgehead atoms. The van der Waals surface area contributed by atoms with Gasteiger partial charge in [-0.2, -0.15) is 0 Å². The molecular formula is C22H20N4O3S. The van der Waals surface area contributed by atoms with Gasteiger partial charge < -0.3 is 4.90 Å². The van der Waals surface area contributed by atoms with Crippen LogP contribution in [0, 0.1) is 6.92 Å². The minimum absolute atomic E-state index is 0.0204. The second kappa shape index (κ2) is 8.08. The molecule has 3 amide bonds. The topological polar surface area (TPSA) is 91.4 Å². The van der Waals surface area contributed by atoms with Crippen molar-refractivity contribution >= 4 is 34.7 Å².